The highest BCUT2D eigenvalue weighted by atomic mass is 32.2. The molecule has 2 aromatic heterocycles. The van der Waals surface area contributed by atoms with Gasteiger partial charge in [0.05, 0.1) is 36.0 Å². The Morgan fingerprint density at radius 2 is 2.11 bits per heavy atom. The molecule has 1 saturated heterocycles. The number of fused-ring (bicyclic) bond motifs is 1. The molecule has 0 spiro atoms. The SMILES string of the molecule is COc1ccc2ncc(CO)c([C@H](O)CCC3(CC(=O)O)CCN(CCSc4cccs4)CC3)c2c1. The van der Waals surface area contributed by atoms with Crippen LogP contribution in [0.4, 0.5) is 0 Å². The Kier molecular flexibility index (Phi) is 9.25. The van der Waals surface area contributed by atoms with Gasteiger partial charge in [0, 0.05) is 29.4 Å². The smallest absolute Gasteiger partial charge is 0.303 e. The monoisotopic (exact) mass is 530 g/mol. The fourth-order valence-corrected chi connectivity index (χ4v) is 7.04. The van der Waals surface area contributed by atoms with E-state index in [1.54, 1.807) is 24.6 Å². The number of methoxy groups -OCH3 is 1. The Balaban J connectivity index is 1.43. The average molecular weight is 531 g/mol. The molecule has 0 bridgehead atoms. The first-order valence-electron chi connectivity index (χ1n) is 12.3. The zero-order valence-corrected chi connectivity index (χ0v) is 22.2. The molecule has 0 radical (unpaired) electrons. The minimum absolute atomic E-state index is 0.106. The minimum atomic E-state index is -0.837. The van der Waals surface area contributed by atoms with Crippen molar-refractivity contribution in [1.29, 1.82) is 0 Å². The lowest BCUT2D eigenvalue weighted by molar-refractivity contribution is -0.141. The van der Waals surface area contributed by atoms with Gasteiger partial charge in [-0.15, -0.1) is 23.1 Å². The maximum atomic E-state index is 11.8. The van der Waals surface area contributed by atoms with E-state index in [1.807, 2.05) is 30.0 Å². The lowest BCUT2D eigenvalue weighted by atomic mass is 9.71. The number of aliphatic hydroxyl groups excluding tert-OH is 2. The number of thioether (sulfide) groups is 1. The molecule has 0 saturated carbocycles. The Hall–Kier alpha value is -2.17. The number of carboxylic acid groups (broad SMARTS) is 1. The van der Waals surface area contributed by atoms with E-state index in [-0.39, 0.29) is 18.4 Å². The number of benzene rings is 1. The van der Waals surface area contributed by atoms with Crippen LogP contribution >= 0.6 is 23.1 Å². The van der Waals surface area contributed by atoms with Crippen molar-refractivity contribution in [2.75, 3.05) is 32.5 Å². The van der Waals surface area contributed by atoms with Crippen molar-refractivity contribution in [3.05, 3.63) is 53.0 Å². The van der Waals surface area contributed by atoms with Crippen molar-refractivity contribution < 1.29 is 24.9 Å². The fourth-order valence-electron chi connectivity index (χ4n) is 5.18. The quantitative estimate of drug-likeness (QED) is 0.282. The Labute approximate surface area is 220 Å². The molecule has 0 aliphatic carbocycles. The standard InChI is InChI=1S/C27H34N2O5S2/c1-34-20-4-5-22-21(15-20)26(19(18-30)17-28-22)23(31)6-7-27(16-24(32)33)8-10-29(11-9-27)12-14-36-25-3-2-13-35-25/h2-5,13,15,17,23,30-31H,6-12,14,16,18H2,1H3,(H,32,33)/t23-/m1/s1. The van der Waals surface area contributed by atoms with E-state index in [1.165, 1.54) is 4.21 Å². The number of aromatic nitrogens is 1. The summed E-state index contributed by atoms with van der Waals surface area (Å²) in [4.78, 5) is 18.6. The summed E-state index contributed by atoms with van der Waals surface area (Å²) in [5.41, 5.74) is 1.60. The lowest BCUT2D eigenvalue weighted by Crippen LogP contribution is -2.42. The van der Waals surface area contributed by atoms with Crippen molar-refractivity contribution >= 4 is 40.0 Å². The molecule has 194 valence electrons. The molecule has 1 atom stereocenters. The molecule has 3 heterocycles. The first-order valence-corrected chi connectivity index (χ1v) is 14.1. The second kappa shape index (κ2) is 12.4. The summed E-state index contributed by atoms with van der Waals surface area (Å²) in [6.07, 6.45) is 3.50. The van der Waals surface area contributed by atoms with Gasteiger partial charge in [-0.2, -0.15) is 0 Å². The van der Waals surface area contributed by atoms with Crippen LogP contribution in [0.5, 0.6) is 5.75 Å². The zero-order chi connectivity index (χ0) is 25.5. The molecule has 3 aromatic rings. The van der Waals surface area contributed by atoms with Crippen molar-refractivity contribution in [3.63, 3.8) is 0 Å². The summed E-state index contributed by atoms with van der Waals surface area (Å²) in [5.74, 6) is 0.884. The molecule has 9 heteroatoms. The largest absolute Gasteiger partial charge is 0.497 e. The Morgan fingerprint density at radius 1 is 1.31 bits per heavy atom. The molecule has 3 N–H and O–H groups in total. The summed E-state index contributed by atoms with van der Waals surface area (Å²) in [6.45, 7) is 2.49. The van der Waals surface area contributed by atoms with Gasteiger partial charge in [-0.1, -0.05) is 6.07 Å². The van der Waals surface area contributed by atoms with E-state index in [0.717, 1.165) is 49.1 Å². The number of aliphatic carboxylic acids is 1. The van der Waals surface area contributed by atoms with Crippen LogP contribution in [0.2, 0.25) is 0 Å². The normalized spacial score (nSPS) is 16.8. The lowest BCUT2D eigenvalue weighted by Gasteiger charge is -2.41. The van der Waals surface area contributed by atoms with Crippen LogP contribution in [0.1, 0.15) is 49.3 Å². The molecule has 1 fully saturated rings. The van der Waals surface area contributed by atoms with Crippen LogP contribution in [0.15, 0.2) is 46.1 Å². The zero-order valence-electron chi connectivity index (χ0n) is 20.6. The second-order valence-electron chi connectivity index (χ2n) is 9.49. The van der Waals surface area contributed by atoms with E-state index in [4.69, 9.17) is 4.74 Å². The van der Waals surface area contributed by atoms with Crippen LogP contribution in [-0.2, 0) is 11.4 Å². The number of likely N-dealkylation sites (tertiary alicyclic amines) is 1. The second-order valence-corrected chi connectivity index (χ2v) is 11.8. The van der Waals surface area contributed by atoms with Crippen molar-refractivity contribution in [1.82, 2.24) is 9.88 Å². The molecular formula is C27H34N2O5S2. The molecule has 1 aromatic carbocycles. The first-order chi connectivity index (χ1) is 17.4. The van der Waals surface area contributed by atoms with E-state index in [9.17, 15) is 20.1 Å². The Bertz CT molecular complexity index is 1140. The van der Waals surface area contributed by atoms with E-state index in [0.29, 0.717) is 29.7 Å². The molecule has 4 rings (SSSR count). The number of rotatable bonds is 12. The van der Waals surface area contributed by atoms with Crippen LogP contribution in [0, 0.1) is 5.41 Å². The van der Waals surface area contributed by atoms with Gasteiger partial charge < -0.3 is 25.0 Å². The van der Waals surface area contributed by atoms with Gasteiger partial charge in [0.25, 0.3) is 0 Å². The third-order valence-electron chi connectivity index (χ3n) is 7.24. The van der Waals surface area contributed by atoms with Crippen LogP contribution in [0.25, 0.3) is 10.9 Å². The summed E-state index contributed by atoms with van der Waals surface area (Å²) in [7, 11) is 1.59. The summed E-state index contributed by atoms with van der Waals surface area (Å²) in [6, 6.07) is 9.69. The van der Waals surface area contributed by atoms with Crippen LogP contribution in [-0.4, -0.2) is 63.7 Å². The molecular weight excluding hydrogens is 496 g/mol. The van der Waals surface area contributed by atoms with E-state index >= 15 is 0 Å². The number of carboxylic acids is 1. The van der Waals surface area contributed by atoms with Crippen molar-refractivity contribution in [2.24, 2.45) is 5.41 Å². The number of ether oxygens (including phenoxy) is 1. The Morgan fingerprint density at radius 3 is 2.78 bits per heavy atom. The molecule has 36 heavy (non-hydrogen) atoms. The summed E-state index contributed by atoms with van der Waals surface area (Å²) in [5, 5.41) is 33.7. The van der Waals surface area contributed by atoms with Gasteiger partial charge in [-0.3, -0.25) is 9.78 Å². The van der Waals surface area contributed by atoms with E-state index in [2.05, 4.69) is 27.4 Å². The van der Waals surface area contributed by atoms with Gasteiger partial charge in [0.2, 0.25) is 0 Å². The fraction of sp³-hybridized carbons (Fsp3) is 0.481. The van der Waals surface area contributed by atoms with Gasteiger partial charge in [-0.25, -0.2) is 0 Å². The molecule has 1 aliphatic rings. The average Bonchev–Trinajstić information content (AvgIpc) is 3.40. The van der Waals surface area contributed by atoms with Gasteiger partial charge in [0.1, 0.15) is 5.75 Å². The third-order valence-corrected chi connectivity index (χ3v) is 9.35. The number of hydrogen-bond donors (Lipinski definition) is 3. The molecule has 1 aliphatic heterocycles. The van der Waals surface area contributed by atoms with Gasteiger partial charge in [-0.05, 0) is 79.4 Å². The predicted molar refractivity (Wildman–Crippen MR) is 144 cm³/mol. The van der Waals surface area contributed by atoms with Gasteiger partial charge >= 0.3 is 5.97 Å². The highest BCUT2D eigenvalue weighted by molar-refractivity contribution is 8.01. The van der Waals surface area contributed by atoms with E-state index < -0.39 is 12.1 Å². The number of piperidine rings is 1. The molecule has 7 nitrogen and oxygen atoms in total. The number of nitrogens with zero attached hydrogens (tertiary/aromatic N) is 2. The maximum absolute atomic E-state index is 11.8. The van der Waals surface area contributed by atoms with Gasteiger partial charge in [0.15, 0.2) is 0 Å². The predicted octanol–water partition coefficient (Wildman–Crippen LogP) is 4.96. The van der Waals surface area contributed by atoms with Crippen LogP contribution < -0.4 is 4.74 Å². The van der Waals surface area contributed by atoms with Crippen molar-refractivity contribution in [2.45, 2.75) is 49.0 Å². The highest BCUT2D eigenvalue weighted by Gasteiger charge is 2.37. The van der Waals surface area contributed by atoms with Crippen LogP contribution in [0.3, 0.4) is 0 Å². The highest BCUT2D eigenvalue weighted by Crippen LogP contribution is 2.42. The van der Waals surface area contributed by atoms with Crippen molar-refractivity contribution in [3.8, 4) is 5.75 Å². The summed E-state index contributed by atoms with van der Waals surface area (Å²) >= 11 is 3.62. The number of hydrogen-bond acceptors (Lipinski definition) is 8. The minimum Gasteiger partial charge on any atom is -0.497 e. The number of carbonyl (C=O) groups is 1. The molecule has 0 unspecified atom stereocenters. The third kappa shape index (κ3) is 6.58. The topological polar surface area (TPSA) is 103 Å². The first kappa shape index (κ1) is 26.9. The molecule has 0 amide bonds. The number of aliphatic hydroxyl groups is 2. The number of pyridine rings is 1. The maximum Gasteiger partial charge on any atom is 0.303 e. The summed E-state index contributed by atoms with van der Waals surface area (Å²) < 4.78 is 6.69. The number of thiophene rings is 1.